The Morgan fingerprint density at radius 2 is 1.65 bits per heavy atom. The van der Waals surface area contributed by atoms with Gasteiger partial charge >= 0.3 is 0 Å². The first-order valence-electron chi connectivity index (χ1n) is 5.21. The summed E-state index contributed by atoms with van der Waals surface area (Å²) in [5.74, 6) is 0.553. The lowest BCUT2D eigenvalue weighted by Crippen LogP contribution is -1.82. The second kappa shape index (κ2) is 5.25. The maximum atomic E-state index is 12.7. The van der Waals surface area contributed by atoms with E-state index in [0.717, 1.165) is 17.0 Å². The average molecular weight is 228 g/mol. The minimum atomic E-state index is -0.244. The zero-order valence-corrected chi connectivity index (χ0v) is 9.43. The normalized spacial score (nSPS) is 10.7. The zero-order chi connectivity index (χ0) is 12.1. The van der Waals surface area contributed by atoms with E-state index in [1.807, 2.05) is 24.3 Å². The van der Waals surface area contributed by atoms with Gasteiger partial charge in [0.25, 0.3) is 0 Å². The number of nitrogens with zero attached hydrogens (tertiary/aromatic N) is 1. The number of hydrogen-bond acceptors (Lipinski definition) is 2. The van der Waals surface area contributed by atoms with E-state index < -0.39 is 0 Å². The summed E-state index contributed by atoms with van der Waals surface area (Å²) in [6.07, 6.45) is 1.70. The van der Waals surface area contributed by atoms with Gasteiger partial charge in [0.1, 0.15) is 11.6 Å². The van der Waals surface area contributed by atoms with Crippen molar-refractivity contribution in [2.75, 3.05) is 7.11 Å². The van der Waals surface area contributed by atoms with Crippen molar-refractivity contribution < 1.29 is 9.13 Å². The van der Waals surface area contributed by atoms with Crippen LogP contribution in [0.1, 0.15) is 5.56 Å². The Balaban J connectivity index is 2.11. The van der Waals surface area contributed by atoms with Gasteiger partial charge in [0.2, 0.25) is 0 Å². The van der Waals surface area contributed by atoms with Crippen LogP contribution in [0.15, 0.2) is 53.5 Å². The van der Waals surface area contributed by atoms with E-state index in [9.17, 15) is 4.39 Å². The van der Waals surface area contributed by atoms with Crippen molar-refractivity contribution in [2.45, 2.75) is 0 Å². The third-order valence-electron chi connectivity index (χ3n) is 2.31. The highest BCUT2D eigenvalue weighted by atomic mass is 18.2. The Morgan fingerprint density at radius 1 is 1.00 bits per heavy atom. The standard InChI is InChI=1S/C14H12FNO/c1-17-14-8-6-13(7-9-14)16-10-11-2-4-12(15)5-3-11/h2-10H,1H3/i15-1. The van der Waals surface area contributed by atoms with Crippen molar-refractivity contribution in [1.29, 1.82) is 0 Å². The fourth-order valence-electron chi connectivity index (χ4n) is 1.37. The van der Waals surface area contributed by atoms with Gasteiger partial charge in [-0.15, -0.1) is 0 Å². The van der Waals surface area contributed by atoms with Gasteiger partial charge in [-0.25, -0.2) is 4.39 Å². The largest absolute Gasteiger partial charge is 0.497 e. The number of benzene rings is 2. The molecule has 0 N–H and O–H groups in total. The highest BCUT2D eigenvalue weighted by Gasteiger charge is 1.92. The molecule has 0 atom stereocenters. The lowest BCUT2D eigenvalue weighted by Gasteiger charge is -1.98. The van der Waals surface area contributed by atoms with Crippen LogP contribution in [0, 0.1) is 5.82 Å². The molecule has 0 aliphatic rings. The van der Waals surface area contributed by atoms with E-state index in [0.29, 0.717) is 0 Å². The molecule has 0 bridgehead atoms. The molecule has 0 aromatic heterocycles. The van der Waals surface area contributed by atoms with Crippen molar-refractivity contribution in [3.8, 4) is 5.75 Å². The quantitative estimate of drug-likeness (QED) is 0.736. The maximum Gasteiger partial charge on any atom is 0.123 e. The van der Waals surface area contributed by atoms with Gasteiger partial charge in [-0.1, -0.05) is 12.1 Å². The second-order valence-corrected chi connectivity index (χ2v) is 3.51. The monoisotopic (exact) mass is 228 g/mol. The van der Waals surface area contributed by atoms with Crippen molar-refractivity contribution in [3.63, 3.8) is 0 Å². The Bertz CT molecular complexity index is 503. The van der Waals surface area contributed by atoms with Crippen molar-refractivity contribution in [1.82, 2.24) is 0 Å². The second-order valence-electron chi connectivity index (χ2n) is 3.51. The molecule has 3 heteroatoms. The van der Waals surface area contributed by atoms with Gasteiger partial charge in [-0.05, 0) is 42.0 Å². The van der Waals surface area contributed by atoms with E-state index in [2.05, 4.69) is 4.99 Å². The highest BCUT2D eigenvalue weighted by molar-refractivity contribution is 5.81. The van der Waals surface area contributed by atoms with Gasteiger partial charge in [-0.3, -0.25) is 4.99 Å². The minimum Gasteiger partial charge on any atom is -0.497 e. The summed E-state index contributed by atoms with van der Waals surface area (Å²) >= 11 is 0. The molecular weight excluding hydrogens is 216 g/mol. The molecule has 0 saturated heterocycles. The van der Waals surface area contributed by atoms with E-state index >= 15 is 0 Å². The molecule has 0 radical (unpaired) electrons. The summed E-state index contributed by atoms with van der Waals surface area (Å²) in [4.78, 5) is 4.28. The van der Waals surface area contributed by atoms with Crippen LogP contribution in [-0.4, -0.2) is 13.3 Å². The van der Waals surface area contributed by atoms with Gasteiger partial charge in [-0.2, -0.15) is 0 Å². The van der Waals surface area contributed by atoms with Gasteiger partial charge in [0, 0.05) is 6.21 Å². The van der Waals surface area contributed by atoms with Crippen molar-refractivity contribution >= 4 is 11.9 Å². The van der Waals surface area contributed by atoms with E-state index in [4.69, 9.17) is 4.74 Å². The molecule has 0 aliphatic carbocycles. The molecule has 0 aliphatic heterocycles. The summed E-state index contributed by atoms with van der Waals surface area (Å²) in [5, 5.41) is 0. The van der Waals surface area contributed by atoms with Crippen LogP contribution < -0.4 is 4.74 Å². The van der Waals surface area contributed by atoms with E-state index in [-0.39, 0.29) is 5.82 Å². The lowest BCUT2D eigenvalue weighted by atomic mass is 10.2. The summed E-state index contributed by atoms with van der Waals surface area (Å²) in [7, 11) is 1.62. The Labute approximate surface area is 99.4 Å². The average Bonchev–Trinajstić information content (AvgIpc) is 2.39. The highest BCUT2D eigenvalue weighted by Crippen LogP contribution is 2.17. The van der Waals surface area contributed by atoms with Crippen LogP contribution >= 0.6 is 0 Å². The first kappa shape index (κ1) is 11.3. The molecule has 0 heterocycles. The fraction of sp³-hybridized carbons (Fsp3) is 0.0714. The summed E-state index contributed by atoms with van der Waals surface area (Å²) in [6, 6.07) is 13.6. The fourth-order valence-corrected chi connectivity index (χ4v) is 1.37. The topological polar surface area (TPSA) is 21.6 Å². The van der Waals surface area contributed by atoms with Crippen LogP contribution in [0.25, 0.3) is 0 Å². The molecular formula is C14H12FNO. The molecule has 0 unspecified atom stereocenters. The number of rotatable bonds is 3. The predicted molar refractivity (Wildman–Crippen MR) is 66.6 cm³/mol. The summed E-state index contributed by atoms with van der Waals surface area (Å²) < 4.78 is 17.7. The van der Waals surface area contributed by atoms with E-state index in [1.165, 1.54) is 12.1 Å². The first-order chi connectivity index (χ1) is 8.28. The molecule has 86 valence electrons. The molecule has 0 spiro atoms. The molecule has 2 rings (SSSR count). The first-order valence-corrected chi connectivity index (χ1v) is 5.21. The van der Waals surface area contributed by atoms with Gasteiger partial charge in [0.05, 0.1) is 12.8 Å². The van der Waals surface area contributed by atoms with Crippen LogP contribution in [0.3, 0.4) is 0 Å². The molecule has 2 aromatic carbocycles. The Kier molecular flexibility index (Phi) is 3.50. The Hall–Kier alpha value is -2.16. The number of hydrogen-bond donors (Lipinski definition) is 0. The van der Waals surface area contributed by atoms with E-state index in [1.54, 1.807) is 25.5 Å². The van der Waals surface area contributed by atoms with Crippen LogP contribution in [-0.2, 0) is 0 Å². The SMILES string of the molecule is COc1ccc(N=Cc2ccc([18F])cc2)cc1. The number of methoxy groups -OCH3 is 1. The maximum absolute atomic E-state index is 12.7. The number of halogens is 1. The van der Waals surface area contributed by atoms with Crippen LogP contribution in [0.2, 0.25) is 0 Å². The molecule has 0 amide bonds. The lowest BCUT2D eigenvalue weighted by molar-refractivity contribution is 0.415. The molecule has 2 aromatic rings. The minimum absolute atomic E-state index is 0.244. The summed E-state index contributed by atoms with van der Waals surface area (Å²) in [5.41, 5.74) is 1.69. The molecule has 2 nitrogen and oxygen atoms in total. The third-order valence-corrected chi connectivity index (χ3v) is 2.31. The molecule has 0 saturated carbocycles. The number of aliphatic imine (C=N–C) groups is 1. The summed E-state index contributed by atoms with van der Waals surface area (Å²) in [6.45, 7) is 0. The van der Waals surface area contributed by atoms with Crippen LogP contribution in [0.5, 0.6) is 5.75 Å². The van der Waals surface area contributed by atoms with Crippen molar-refractivity contribution in [2.24, 2.45) is 4.99 Å². The molecule has 17 heavy (non-hydrogen) atoms. The zero-order valence-electron chi connectivity index (χ0n) is 9.43. The van der Waals surface area contributed by atoms with Gasteiger partial charge < -0.3 is 4.74 Å². The van der Waals surface area contributed by atoms with Crippen LogP contribution in [0.4, 0.5) is 10.1 Å². The number of ether oxygens (including phenoxy) is 1. The Morgan fingerprint density at radius 3 is 2.24 bits per heavy atom. The molecule has 0 fully saturated rings. The third kappa shape index (κ3) is 3.14. The van der Waals surface area contributed by atoms with Gasteiger partial charge in [0.15, 0.2) is 0 Å². The predicted octanol–water partition coefficient (Wildman–Crippen LogP) is 3.58. The smallest absolute Gasteiger partial charge is 0.123 e. The van der Waals surface area contributed by atoms with Crippen molar-refractivity contribution in [3.05, 3.63) is 59.9 Å².